The van der Waals surface area contributed by atoms with Crippen molar-refractivity contribution in [3.8, 4) is 16.9 Å². The average molecular weight is 470 g/mol. The van der Waals surface area contributed by atoms with E-state index in [1.54, 1.807) is 42.7 Å². The molecule has 0 unspecified atom stereocenters. The van der Waals surface area contributed by atoms with E-state index in [1.165, 1.54) is 24.5 Å². The molecule has 0 amide bonds. The van der Waals surface area contributed by atoms with Gasteiger partial charge in [-0.1, -0.05) is 18.2 Å². The van der Waals surface area contributed by atoms with Crippen molar-refractivity contribution in [2.45, 2.75) is 44.6 Å². The van der Waals surface area contributed by atoms with Gasteiger partial charge < -0.3 is 19.5 Å². The van der Waals surface area contributed by atoms with Gasteiger partial charge in [0.05, 0.1) is 17.1 Å². The number of alkyl halides is 2. The van der Waals surface area contributed by atoms with Gasteiger partial charge in [-0.2, -0.15) is 8.78 Å². The van der Waals surface area contributed by atoms with Crippen molar-refractivity contribution in [3.05, 3.63) is 71.8 Å². The first-order chi connectivity index (χ1) is 16.1. The Morgan fingerprint density at radius 1 is 1.15 bits per heavy atom. The first-order valence-corrected chi connectivity index (χ1v) is 10.6. The third-order valence-corrected chi connectivity index (χ3v) is 5.87. The summed E-state index contributed by atoms with van der Waals surface area (Å²) in [6.45, 7) is 0.0929. The summed E-state index contributed by atoms with van der Waals surface area (Å²) in [7, 11) is 0. The van der Waals surface area contributed by atoms with Gasteiger partial charge in [0.15, 0.2) is 5.82 Å². The van der Waals surface area contributed by atoms with E-state index in [-0.39, 0.29) is 23.6 Å². The van der Waals surface area contributed by atoms with Crippen LogP contribution in [0.1, 0.15) is 49.6 Å². The summed E-state index contributed by atoms with van der Waals surface area (Å²) >= 11 is 0. The molecule has 176 valence electrons. The Kier molecular flexibility index (Phi) is 5.29. The Balaban J connectivity index is 1.64. The molecule has 10 heteroatoms. The summed E-state index contributed by atoms with van der Waals surface area (Å²) in [6.07, 6.45) is 2.09. The molecule has 1 aliphatic rings. The minimum absolute atomic E-state index is 0.00217. The highest BCUT2D eigenvalue weighted by Crippen LogP contribution is 2.44. The van der Waals surface area contributed by atoms with E-state index in [0.29, 0.717) is 28.0 Å². The summed E-state index contributed by atoms with van der Waals surface area (Å²) in [5, 5.41) is 20.7. The van der Waals surface area contributed by atoms with Crippen molar-refractivity contribution in [1.82, 2.24) is 19.5 Å². The molecule has 0 radical (unpaired) electrons. The molecule has 34 heavy (non-hydrogen) atoms. The number of aliphatic hydroxyl groups is 2. The monoisotopic (exact) mass is 470 g/mol. The van der Waals surface area contributed by atoms with Crippen molar-refractivity contribution in [2.75, 3.05) is 0 Å². The number of imidazole rings is 1. The fourth-order valence-corrected chi connectivity index (χ4v) is 4.35. The highest BCUT2D eigenvalue weighted by Gasteiger charge is 2.36. The number of rotatable bonds is 5. The van der Waals surface area contributed by atoms with E-state index < -0.39 is 30.2 Å². The van der Waals surface area contributed by atoms with Crippen LogP contribution < -0.4 is 4.74 Å². The van der Waals surface area contributed by atoms with Crippen LogP contribution in [0.5, 0.6) is 5.75 Å². The summed E-state index contributed by atoms with van der Waals surface area (Å²) in [5.74, 6) is -0.0440. The first kappa shape index (κ1) is 22.3. The van der Waals surface area contributed by atoms with Crippen LogP contribution in [0, 0.1) is 5.82 Å². The third kappa shape index (κ3) is 3.78. The topological polar surface area (TPSA) is 93.3 Å². The molecule has 4 aromatic rings. The van der Waals surface area contributed by atoms with Crippen LogP contribution in [0.15, 0.2) is 48.8 Å². The molecular formula is C24H21F3N4O3. The van der Waals surface area contributed by atoms with E-state index in [9.17, 15) is 19.0 Å². The summed E-state index contributed by atoms with van der Waals surface area (Å²) in [4.78, 5) is 12.7. The number of para-hydroxylation sites is 1. The Morgan fingerprint density at radius 2 is 1.85 bits per heavy atom. The van der Waals surface area contributed by atoms with Gasteiger partial charge in [0.1, 0.15) is 29.1 Å². The predicted octanol–water partition coefficient (Wildman–Crippen LogP) is 4.49. The molecule has 2 aromatic heterocycles. The van der Waals surface area contributed by atoms with Crippen LogP contribution >= 0.6 is 0 Å². The maximum Gasteiger partial charge on any atom is 0.387 e. The summed E-state index contributed by atoms with van der Waals surface area (Å²) in [5.41, 5.74) is 0.648. The number of halogens is 3. The molecule has 2 N–H and O–H groups in total. The lowest BCUT2D eigenvalue weighted by Gasteiger charge is -2.19. The highest BCUT2D eigenvalue weighted by molar-refractivity contribution is 5.83. The zero-order chi connectivity index (χ0) is 24.2. The van der Waals surface area contributed by atoms with Gasteiger partial charge >= 0.3 is 6.61 Å². The zero-order valence-corrected chi connectivity index (χ0v) is 18.3. The van der Waals surface area contributed by atoms with E-state index >= 15 is 4.39 Å². The van der Waals surface area contributed by atoms with Crippen LogP contribution in [-0.2, 0) is 5.60 Å². The van der Waals surface area contributed by atoms with E-state index in [0.717, 1.165) is 0 Å². The van der Waals surface area contributed by atoms with E-state index in [4.69, 9.17) is 4.74 Å². The Morgan fingerprint density at radius 3 is 2.53 bits per heavy atom. The summed E-state index contributed by atoms with van der Waals surface area (Å²) in [6, 6.07) is 8.67. The number of nitrogens with zero attached hydrogens (tertiary/aromatic N) is 4. The van der Waals surface area contributed by atoms with Crippen molar-refractivity contribution in [2.24, 2.45) is 0 Å². The van der Waals surface area contributed by atoms with Gasteiger partial charge in [0.2, 0.25) is 0 Å². The highest BCUT2D eigenvalue weighted by atomic mass is 19.3. The largest absolute Gasteiger partial charge is 0.434 e. The molecule has 2 aromatic carbocycles. The van der Waals surface area contributed by atoms with Crippen LogP contribution in [-0.4, -0.2) is 36.3 Å². The lowest BCUT2D eigenvalue weighted by Crippen LogP contribution is -2.19. The number of aliphatic hydroxyl groups excluding tert-OH is 1. The SMILES string of the molecule is CC(C)(O)c1ncc(-c2cc3c(cc2F)nc2n3[C@@H](c3ccccc3OC(F)F)C[C@H]2O)cn1. The van der Waals surface area contributed by atoms with E-state index in [2.05, 4.69) is 15.0 Å². The van der Waals surface area contributed by atoms with Gasteiger partial charge in [-0.3, -0.25) is 0 Å². The lowest BCUT2D eigenvalue weighted by atomic mass is 10.0. The number of ether oxygens (including phenoxy) is 1. The lowest BCUT2D eigenvalue weighted by molar-refractivity contribution is -0.0507. The number of fused-ring (bicyclic) bond motifs is 3. The normalized spacial score (nSPS) is 18.0. The molecule has 5 rings (SSSR count). The Hall–Kier alpha value is -3.50. The molecule has 0 saturated carbocycles. The smallest absolute Gasteiger partial charge is 0.387 e. The van der Waals surface area contributed by atoms with Crippen LogP contribution in [0.3, 0.4) is 0 Å². The number of benzene rings is 2. The standard InChI is InChI=1S/C24H21F3N4O3/c1-24(2,33)22-28-10-12(11-29-22)14-7-18-16(8-15(14)25)30-21-19(32)9-17(31(18)21)13-5-3-4-6-20(13)34-23(26)27/h3-8,10-11,17,19,23,32-33H,9H2,1-2H3/t17-,19-/m1/s1. The van der Waals surface area contributed by atoms with Crippen molar-refractivity contribution in [1.29, 1.82) is 0 Å². The molecule has 2 atom stereocenters. The zero-order valence-electron chi connectivity index (χ0n) is 18.3. The van der Waals surface area contributed by atoms with Crippen LogP contribution in [0.2, 0.25) is 0 Å². The Labute approximate surface area is 192 Å². The predicted molar refractivity (Wildman–Crippen MR) is 117 cm³/mol. The van der Waals surface area contributed by atoms with Gasteiger partial charge in [0, 0.05) is 41.6 Å². The fourth-order valence-electron chi connectivity index (χ4n) is 4.35. The maximum absolute atomic E-state index is 15.0. The van der Waals surface area contributed by atoms with Crippen molar-refractivity contribution in [3.63, 3.8) is 0 Å². The molecule has 0 fully saturated rings. The molecule has 1 aliphatic heterocycles. The fraction of sp³-hybridized carbons (Fsp3) is 0.292. The number of hydrogen-bond donors (Lipinski definition) is 2. The van der Waals surface area contributed by atoms with Crippen molar-refractivity contribution >= 4 is 11.0 Å². The molecule has 0 saturated heterocycles. The second kappa shape index (κ2) is 8.07. The second-order valence-electron chi connectivity index (χ2n) is 8.70. The van der Waals surface area contributed by atoms with E-state index in [1.807, 2.05) is 0 Å². The van der Waals surface area contributed by atoms with Gasteiger partial charge in [-0.25, -0.2) is 19.3 Å². The maximum atomic E-state index is 15.0. The van der Waals surface area contributed by atoms with Crippen LogP contribution in [0.4, 0.5) is 13.2 Å². The minimum Gasteiger partial charge on any atom is -0.434 e. The molecule has 0 aliphatic carbocycles. The molecular weight excluding hydrogens is 449 g/mol. The van der Waals surface area contributed by atoms with Gasteiger partial charge in [-0.05, 0) is 26.0 Å². The second-order valence-corrected chi connectivity index (χ2v) is 8.70. The van der Waals surface area contributed by atoms with Gasteiger partial charge in [0.25, 0.3) is 0 Å². The molecule has 7 nitrogen and oxygen atoms in total. The molecule has 3 heterocycles. The quantitative estimate of drug-likeness (QED) is 0.447. The summed E-state index contributed by atoms with van der Waals surface area (Å²) < 4.78 is 47.4. The molecule has 0 spiro atoms. The average Bonchev–Trinajstić information content (AvgIpc) is 3.29. The number of hydrogen-bond acceptors (Lipinski definition) is 6. The Bertz CT molecular complexity index is 1370. The van der Waals surface area contributed by atoms with Crippen molar-refractivity contribution < 1.29 is 28.1 Å². The molecule has 0 bridgehead atoms. The van der Waals surface area contributed by atoms with Gasteiger partial charge in [-0.15, -0.1) is 0 Å². The first-order valence-electron chi connectivity index (χ1n) is 10.6. The van der Waals surface area contributed by atoms with Crippen LogP contribution in [0.25, 0.3) is 22.2 Å². The third-order valence-electron chi connectivity index (χ3n) is 5.87. The number of aromatic nitrogens is 4. The minimum atomic E-state index is -3.00.